The average molecular weight is 337 g/mol. The highest BCUT2D eigenvalue weighted by atomic mass is 79.9. The van der Waals surface area contributed by atoms with E-state index < -0.39 is 0 Å². The maximum Gasteiger partial charge on any atom is 0.0329 e. The Bertz CT molecular complexity index is 419. The molecule has 0 aromatic heterocycles. The van der Waals surface area contributed by atoms with E-state index in [-0.39, 0.29) is 0 Å². The average Bonchev–Trinajstić information content (AvgIpc) is 3.02. The van der Waals surface area contributed by atoms with Gasteiger partial charge in [0.1, 0.15) is 0 Å². The summed E-state index contributed by atoms with van der Waals surface area (Å²) in [6.07, 6.45) is 5.63. The van der Waals surface area contributed by atoms with Crippen LogP contribution in [0.25, 0.3) is 0 Å². The number of nitrogens with one attached hydrogen (secondary N) is 1. The van der Waals surface area contributed by atoms with E-state index in [1.807, 2.05) is 0 Å². The van der Waals surface area contributed by atoms with Gasteiger partial charge in [-0.25, -0.2) is 0 Å². The minimum Gasteiger partial charge on any atom is -0.313 e. The Hall–Kier alpha value is -0.380. The first-order valence-corrected chi connectivity index (χ1v) is 8.70. The normalized spacial score (nSPS) is 27.7. The molecule has 3 rings (SSSR count). The monoisotopic (exact) mass is 336 g/mol. The second-order valence-electron chi connectivity index (χ2n) is 6.39. The number of likely N-dealkylation sites (tertiary alicyclic amines) is 1. The van der Waals surface area contributed by atoms with Crippen LogP contribution in [0.5, 0.6) is 0 Å². The molecule has 20 heavy (non-hydrogen) atoms. The van der Waals surface area contributed by atoms with Crippen molar-refractivity contribution in [1.29, 1.82) is 0 Å². The zero-order valence-corrected chi connectivity index (χ0v) is 13.9. The molecule has 1 saturated carbocycles. The zero-order chi connectivity index (χ0) is 13.9. The van der Waals surface area contributed by atoms with Gasteiger partial charge in [0.25, 0.3) is 0 Å². The lowest BCUT2D eigenvalue weighted by Gasteiger charge is -2.22. The first-order chi connectivity index (χ1) is 9.76. The lowest BCUT2D eigenvalue weighted by atomic mass is 10.0. The summed E-state index contributed by atoms with van der Waals surface area (Å²) in [7, 11) is 2.07. The third-order valence-electron chi connectivity index (χ3n) is 5.16. The number of nitrogens with zero attached hydrogens (tertiary/aromatic N) is 1. The van der Waals surface area contributed by atoms with Gasteiger partial charge < -0.3 is 10.2 Å². The van der Waals surface area contributed by atoms with Crippen molar-refractivity contribution < 1.29 is 0 Å². The molecule has 1 aromatic carbocycles. The highest BCUT2D eigenvalue weighted by molar-refractivity contribution is 9.10. The van der Waals surface area contributed by atoms with Gasteiger partial charge in [-0.2, -0.15) is 0 Å². The number of rotatable bonds is 5. The smallest absolute Gasteiger partial charge is 0.0329 e. The second kappa shape index (κ2) is 6.59. The molecule has 1 N–H and O–H groups in total. The summed E-state index contributed by atoms with van der Waals surface area (Å²) in [5.41, 5.74) is 1.40. The summed E-state index contributed by atoms with van der Waals surface area (Å²) in [6, 6.07) is 9.21. The van der Waals surface area contributed by atoms with Gasteiger partial charge >= 0.3 is 0 Å². The molecule has 1 aromatic rings. The van der Waals surface area contributed by atoms with Crippen LogP contribution in [0.4, 0.5) is 0 Å². The maximum atomic E-state index is 3.51. The van der Waals surface area contributed by atoms with E-state index in [2.05, 4.69) is 57.5 Å². The molecule has 3 atom stereocenters. The van der Waals surface area contributed by atoms with Crippen molar-refractivity contribution in [2.75, 3.05) is 26.7 Å². The minimum atomic E-state index is 0.476. The van der Waals surface area contributed by atoms with Gasteiger partial charge in [0.05, 0.1) is 0 Å². The molecule has 3 heteroatoms. The van der Waals surface area contributed by atoms with Gasteiger partial charge in [-0.3, -0.25) is 0 Å². The summed E-state index contributed by atoms with van der Waals surface area (Å²) in [6.45, 7) is 3.93. The molecule has 0 radical (unpaired) electrons. The van der Waals surface area contributed by atoms with E-state index in [9.17, 15) is 0 Å². The third kappa shape index (κ3) is 3.26. The van der Waals surface area contributed by atoms with Gasteiger partial charge in [-0.15, -0.1) is 0 Å². The van der Waals surface area contributed by atoms with Crippen LogP contribution in [0.3, 0.4) is 0 Å². The zero-order valence-electron chi connectivity index (χ0n) is 12.3. The maximum absolute atomic E-state index is 3.51. The predicted molar refractivity (Wildman–Crippen MR) is 87.8 cm³/mol. The number of hydrogen-bond donors (Lipinski definition) is 1. The molecule has 1 aliphatic carbocycles. The molecule has 2 nitrogen and oxygen atoms in total. The van der Waals surface area contributed by atoms with Gasteiger partial charge in [-0.1, -0.05) is 34.5 Å². The third-order valence-corrected chi connectivity index (χ3v) is 5.69. The molecule has 0 bridgehead atoms. The number of fused-ring (bicyclic) bond motifs is 1. The fourth-order valence-corrected chi connectivity index (χ4v) is 4.26. The molecule has 2 aliphatic rings. The Balaban J connectivity index is 1.52. The van der Waals surface area contributed by atoms with Crippen LogP contribution in [-0.4, -0.2) is 31.6 Å². The quantitative estimate of drug-likeness (QED) is 0.878. The number of benzene rings is 1. The molecule has 1 heterocycles. The topological polar surface area (TPSA) is 15.3 Å². The molecule has 0 spiro atoms. The van der Waals surface area contributed by atoms with E-state index in [1.54, 1.807) is 0 Å². The Morgan fingerprint density at radius 1 is 1.20 bits per heavy atom. The predicted octanol–water partition coefficient (Wildman–Crippen LogP) is 3.83. The largest absolute Gasteiger partial charge is 0.313 e. The van der Waals surface area contributed by atoms with Crippen molar-refractivity contribution in [3.8, 4) is 0 Å². The van der Waals surface area contributed by atoms with Crippen molar-refractivity contribution in [2.24, 2.45) is 11.8 Å². The molecular weight excluding hydrogens is 312 g/mol. The van der Waals surface area contributed by atoms with Crippen molar-refractivity contribution >= 4 is 15.9 Å². The number of hydrogen-bond acceptors (Lipinski definition) is 2. The van der Waals surface area contributed by atoms with E-state index in [0.29, 0.717) is 6.04 Å². The van der Waals surface area contributed by atoms with Crippen LogP contribution in [0.2, 0.25) is 0 Å². The van der Waals surface area contributed by atoms with Gasteiger partial charge in [0.15, 0.2) is 0 Å². The first-order valence-electron chi connectivity index (χ1n) is 7.91. The fraction of sp³-hybridized carbons (Fsp3) is 0.647. The van der Waals surface area contributed by atoms with Crippen LogP contribution >= 0.6 is 15.9 Å². The van der Waals surface area contributed by atoms with E-state index in [1.165, 1.54) is 50.9 Å². The van der Waals surface area contributed by atoms with E-state index in [4.69, 9.17) is 0 Å². The van der Waals surface area contributed by atoms with Crippen LogP contribution in [0, 0.1) is 11.8 Å². The summed E-state index contributed by atoms with van der Waals surface area (Å²) < 4.78 is 1.16. The van der Waals surface area contributed by atoms with E-state index in [0.717, 1.165) is 16.3 Å². The standard InChI is InChI=1S/C17H25BrN2/c1-19-17(13-5-7-16(18)8-6-13)9-10-20-11-14-3-2-4-15(14)12-20/h5-8,14-15,17,19H,2-4,9-12H2,1H3. The van der Waals surface area contributed by atoms with Crippen LogP contribution in [0.1, 0.15) is 37.3 Å². The Kier molecular flexibility index (Phi) is 4.79. The molecule has 110 valence electrons. The van der Waals surface area contributed by atoms with Gasteiger partial charge in [-0.05, 0) is 62.4 Å². The van der Waals surface area contributed by atoms with Crippen molar-refractivity contribution in [2.45, 2.75) is 31.7 Å². The molecule has 3 unspecified atom stereocenters. The highest BCUT2D eigenvalue weighted by Gasteiger charge is 2.35. The second-order valence-corrected chi connectivity index (χ2v) is 7.31. The van der Waals surface area contributed by atoms with E-state index >= 15 is 0 Å². The summed E-state index contributed by atoms with van der Waals surface area (Å²) in [4.78, 5) is 2.69. The molecular formula is C17H25BrN2. The highest BCUT2D eigenvalue weighted by Crippen LogP contribution is 2.37. The van der Waals surface area contributed by atoms with Gasteiger partial charge in [0, 0.05) is 23.6 Å². The van der Waals surface area contributed by atoms with Gasteiger partial charge in [0.2, 0.25) is 0 Å². The van der Waals surface area contributed by atoms with Crippen molar-refractivity contribution in [3.63, 3.8) is 0 Å². The summed E-state index contributed by atoms with van der Waals surface area (Å²) >= 11 is 3.51. The Labute approximate surface area is 131 Å². The molecule has 1 saturated heterocycles. The summed E-state index contributed by atoms with van der Waals surface area (Å²) in [5, 5.41) is 3.47. The minimum absolute atomic E-state index is 0.476. The van der Waals surface area contributed by atoms with Crippen molar-refractivity contribution in [3.05, 3.63) is 34.3 Å². The fourth-order valence-electron chi connectivity index (χ4n) is 4.00. The van der Waals surface area contributed by atoms with Crippen LogP contribution in [0.15, 0.2) is 28.7 Å². The number of halogens is 1. The lowest BCUT2D eigenvalue weighted by molar-refractivity contribution is 0.291. The molecule has 1 aliphatic heterocycles. The molecule has 2 fully saturated rings. The van der Waals surface area contributed by atoms with Crippen LogP contribution in [-0.2, 0) is 0 Å². The first kappa shape index (κ1) is 14.6. The Morgan fingerprint density at radius 3 is 2.45 bits per heavy atom. The SMILES string of the molecule is CNC(CCN1CC2CCCC2C1)c1ccc(Br)cc1. The van der Waals surface area contributed by atoms with Crippen molar-refractivity contribution in [1.82, 2.24) is 10.2 Å². The molecule has 0 amide bonds. The summed E-state index contributed by atoms with van der Waals surface area (Å²) in [5.74, 6) is 2.02. The lowest BCUT2D eigenvalue weighted by Crippen LogP contribution is -2.27. The Morgan fingerprint density at radius 2 is 1.85 bits per heavy atom. The van der Waals surface area contributed by atoms with Crippen LogP contribution < -0.4 is 5.32 Å².